The van der Waals surface area contributed by atoms with Crippen LogP contribution in [0.25, 0.3) is 0 Å². The molecule has 1 unspecified atom stereocenters. The van der Waals surface area contributed by atoms with Crippen LogP contribution in [0.15, 0.2) is 71.6 Å². The van der Waals surface area contributed by atoms with Crippen LogP contribution in [0.5, 0.6) is 5.75 Å². The first-order valence-electron chi connectivity index (χ1n) is 14.6. The molecule has 3 aromatic carbocycles. The highest BCUT2D eigenvalue weighted by molar-refractivity contribution is 7.92. The van der Waals surface area contributed by atoms with E-state index in [9.17, 15) is 18.0 Å². The number of nitrogens with zero attached hydrogens (tertiary/aromatic N) is 2. The number of halogens is 1. The Kier molecular flexibility index (Phi) is 10.7. The van der Waals surface area contributed by atoms with E-state index in [-0.39, 0.29) is 23.4 Å². The van der Waals surface area contributed by atoms with Crippen molar-refractivity contribution < 1.29 is 22.7 Å². The molecule has 2 amide bonds. The molecular weight excluding hydrogens is 586 g/mol. The fourth-order valence-electron chi connectivity index (χ4n) is 5.34. The van der Waals surface area contributed by atoms with Gasteiger partial charge in [-0.3, -0.25) is 13.9 Å². The van der Waals surface area contributed by atoms with Crippen molar-refractivity contribution in [1.29, 1.82) is 0 Å². The number of benzene rings is 3. The lowest BCUT2D eigenvalue weighted by atomic mass is 9.95. The van der Waals surface area contributed by atoms with E-state index in [4.69, 9.17) is 16.3 Å². The van der Waals surface area contributed by atoms with Crippen molar-refractivity contribution >= 4 is 39.1 Å². The summed E-state index contributed by atoms with van der Waals surface area (Å²) in [6.45, 7) is 4.83. The molecular formula is C33H40ClN3O5S. The molecule has 1 aliphatic carbocycles. The molecule has 230 valence electrons. The second-order valence-electron chi connectivity index (χ2n) is 11.1. The van der Waals surface area contributed by atoms with Gasteiger partial charge in [0.2, 0.25) is 11.8 Å². The van der Waals surface area contributed by atoms with Gasteiger partial charge in [-0.25, -0.2) is 8.42 Å². The van der Waals surface area contributed by atoms with Crippen LogP contribution < -0.4 is 14.4 Å². The summed E-state index contributed by atoms with van der Waals surface area (Å²) in [6.07, 6.45) is 5.06. The Balaban J connectivity index is 1.72. The van der Waals surface area contributed by atoms with Gasteiger partial charge in [0.15, 0.2) is 0 Å². The molecule has 10 heteroatoms. The van der Waals surface area contributed by atoms with E-state index in [1.54, 1.807) is 63.4 Å². The van der Waals surface area contributed by atoms with E-state index >= 15 is 0 Å². The summed E-state index contributed by atoms with van der Waals surface area (Å²) < 4.78 is 34.6. The summed E-state index contributed by atoms with van der Waals surface area (Å²) in [5.41, 5.74) is 2.47. The van der Waals surface area contributed by atoms with Crippen molar-refractivity contribution in [2.75, 3.05) is 18.0 Å². The molecule has 0 heterocycles. The smallest absolute Gasteiger partial charge is 0.264 e. The molecule has 3 aromatic rings. The van der Waals surface area contributed by atoms with Crippen LogP contribution in [0.3, 0.4) is 0 Å². The van der Waals surface area contributed by atoms with Gasteiger partial charge >= 0.3 is 0 Å². The Hall–Kier alpha value is -3.56. The number of nitrogens with one attached hydrogen (secondary N) is 1. The van der Waals surface area contributed by atoms with Gasteiger partial charge in [0.1, 0.15) is 18.3 Å². The van der Waals surface area contributed by atoms with Crippen molar-refractivity contribution in [1.82, 2.24) is 10.2 Å². The third-order valence-electron chi connectivity index (χ3n) is 8.00. The number of sulfonamides is 1. The highest BCUT2D eigenvalue weighted by atomic mass is 35.5. The van der Waals surface area contributed by atoms with Gasteiger partial charge in [-0.15, -0.1) is 0 Å². The third kappa shape index (κ3) is 7.89. The van der Waals surface area contributed by atoms with E-state index in [0.717, 1.165) is 47.5 Å². The molecule has 8 nitrogen and oxygen atoms in total. The number of carbonyl (C=O) groups excluding carboxylic acids is 2. The normalized spacial score (nSPS) is 14.5. The first-order chi connectivity index (χ1) is 20.5. The average molecular weight is 626 g/mol. The van der Waals surface area contributed by atoms with Crippen molar-refractivity contribution in [3.8, 4) is 5.75 Å². The number of aryl methyl sites for hydroxylation is 1. The molecule has 0 bridgehead atoms. The maximum Gasteiger partial charge on any atom is 0.264 e. The summed E-state index contributed by atoms with van der Waals surface area (Å²) in [6, 6.07) is 17.9. The van der Waals surface area contributed by atoms with Crippen LogP contribution in [0.4, 0.5) is 5.69 Å². The van der Waals surface area contributed by atoms with Crippen molar-refractivity contribution in [3.63, 3.8) is 0 Å². The highest BCUT2D eigenvalue weighted by Gasteiger charge is 2.34. The predicted molar refractivity (Wildman–Crippen MR) is 170 cm³/mol. The van der Waals surface area contributed by atoms with Crippen LogP contribution in [-0.4, -0.2) is 50.9 Å². The summed E-state index contributed by atoms with van der Waals surface area (Å²) in [7, 11) is -2.63. The standard InChI is InChI=1S/C33H40ClN3O5S/c1-23-16-18-29(19-17-23)43(40,41)37(31-15-9-14-30(34)24(31)2)22-32(38)36(21-26-10-8-13-28(20-26)42-4)25(3)33(39)35-27-11-6-5-7-12-27/h8-10,13-20,25,27H,5-7,11-12,21-22H2,1-4H3,(H,35,39). The Morgan fingerprint density at radius 3 is 2.35 bits per heavy atom. The number of amides is 2. The summed E-state index contributed by atoms with van der Waals surface area (Å²) in [5.74, 6) is -0.179. The second kappa shape index (κ2) is 14.3. The molecule has 1 N–H and O–H groups in total. The van der Waals surface area contributed by atoms with Gasteiger partial charge in [-0.1, -0.05) is 66.8 Å². The number of anilines is 1. The molecule has 43 heavy (non-hydrogen) atoms. The van der Waals surface area contributed by atoms with E-state index < -0.39 is 28.5 Å². The summed E-state index contributed by atoms with van der Waals surface area (Å²) in [4.78, 5) is 29.2. The Morgan fingerprint density at radius 2 is 1.67 bits per heavy atom. The largest absolute Gasteiger partial charge is 0.497 e. The molecule has 1 aliphatic rings. The Morgan fingerprint density at radius 1 is 1.00 bits per heavy atom. The van der Waals surface area contributed by atoms with Crippen LogP contribution >= 0.6 is 11.6 Å². The maximum absolute atomic E-state index is 14.2. The molecule has 1 fully saturated rings. The minimum absolute atomic E-state index is 0.0488. The van der Waals surface area contributed by atoms with Gasteiger partial charge < -0.3 is 15.0 Å². The zero-order chi connectivity index (χ0) is 31.1. The number of rotatable bonds is 11. The van der Waals surface area contributed by atoms with Crippen LogP contribution in [0.1, 0.15) is 55.7 Å². The first-order valence-corrected chi connectivity index (χ1v) is 16.4. The molecule has 4 rings (SSSR count). The van der Waals surface area contributed by atoms with E-state index in [1.165, 1.54) is 17.0 Å². The number of ether oxygens (including phenoxy) is 1. The zero-order valence-corrected chi connectivity index (χ0v) is 26.7. The number of carbonyl (C=O) groups is 2. The topological polar surface area (TPSA) is 96.0 Å². The lowest BCUT2D eigenvalue weighted by Gasteiger charge is -2.33. The fourth-order valence-corrected chi connectivity index (χ4v) is 6.98. The zero-order valence-electron chi connectivity index (χ0n) is 25.2. The van der Waals surface area contributed by atoms with Crippen LogP contribution in [0.2, 0.25) is 5.02 Å². The minimum Gasteiger partial charge on any atom is -0.497 e. The summed E-state index contributed by atoms with van der Waals surface area (Å²) in [5, 5.41) is 3.50. The van der Waals surface area contributed by atoms with Crippen LogP contribution in [0, 0.1) is 13.8 Å². The molecule has 0 aliphatic heterocycles. The molecule has 0 saturated heterocycles. The third-order valence-corrected chi connectivity index (χ3v) is 10.2. The average Bonchev–Trinajstić information content (AvgIpc) is 3.00. The van der Waals surface area contributed by atoms with Crippen LogP contribution in [-0.2, 0) is 26.2 Å². The van der Waals surface area contributed by atoms with E-state index in [2.05, 4.69) is 5.32 Å². The van der Waals surface area contributed by atoms with Gasteiger partial charge in [0.05, 0.1) is 17.7 Å². The number of hydrogen-bond acceptors (Lipinski definition) is 5. The molecule has 1 atom stereocenters. The number of methoxy groups -OCH3 is 1. The van der Waals surface area contributed by atoms with Gasteiger partial charge in [-0.2, -0.15) is 0 Å². The fraction of sp³-hybridized carbons (Fsp3) is 0.394. The van der Waals surface area contributed by atoms with E-state index in [0.29, 0.717) is 22.0 Å². The SMILES string of the molecule is COc1cccc(CN(C(=O)CN(c2cccc(Cl)c2C)S(=O)(=O)c2ccc(C)cc2)C(C)C(=O)NC2CCCCC2)c1. The molecule has 0 aromatic heterocycles. The molecule has 0 radical (unpaired) electrons. The van der Waals surface area contributed by atoms with Crippen molar-refractivity contribution in [2.45, 2.75) is 76.4 Å². The molecule has 1 saturated carbocycles. The maximum atomic E-state index is 14.2. The van der Waals surface area contributed by atoms with Gasteiger partial charge in [0, 0.05) is 17.6 Å². The molecule has 0 spiro atoms. The van der Waals surface area contributed by atoms with E-state index in [1.807, 2.05) is 19.1 Å². The highest BCUT2D eigenvalue weighted by Crippen LogP contribution is 2.31. The van der Waals surface area contributed by atoms with Crippen molar-refractivity contribution in [2.24, 2.45) is 0 Å². The summed E-state index contributed by atoms with van der Waals surface area (Å²) >= 11 is 6.41. The van der Waals surface area contributed by atoms with Gasteiger partial charge in [-0.05, 0) is 81.1 Å². The lowest BCUT2D eigenvalue weighted by molar-refractivity contribution is -0.139. The Labute approximate surface area is 260 Å². The number of hydrogen-bond donors (Lipinski definition) is 1. The predicted octanol–water partition coefficient (Wildman–Crippen LogP) is 6.03. The minimum atomic E-state index is -4.18. The quantitative estimate of drug-likeness (QED) is 0.281. The monoisotopic (exact) mass is 625 g/mol. The second-order valence-corrected chi connectivity index (χ2v) is 13.4. The van der Waals surface area contributed by atoms with Gasteiger partial charge in [0.25, 0.3) is 10.0 Å². The Bertz CT molecular complexity index is 1540. The lowest BCUT2D eigenvalue weighted by Crippen LogP contribution is -2.53. The first kappa shape index (κ1) is 32.4. The van der Waals surface area contributed by atoms with Crippen molar-refractivity contribution in [3.05, 3.63) is 88.4 Å².